The van der Waals surface area contributed by atoms with Crippen molar-refractivity contribution in [3.05, 3.63) is 35.9 Å². The summed E-state index contributed by atoms with van der Waals surface area (Å²) in [6.45, 7) is 3.20. The van der Waals surface area contributed by atoms with Crippen LogP contribution in [0.4, 0.5) is 4.79 Å². The van der Waals surface area contributed by atoms with Crippen LogP contribution in [-0.4, -0.2) is 36.0 Å². The van der Waals surface area contributed by atoms with Gasteiger partial charge in [0.15, 0.2) is 0 Å². The Morgan fingerprint density at radius 2 is 1.90 bits per heavy atom. The second-order valence-corrected chi connectivity index (χ2v) is 5.50. The first-order chi connectivity index (χ1) is 9.65. The normalized spacial score (nSPS) is 26.9. The van der Waals surface area contributed by atoms with E-state index in [0.717, 1.165) is 5.56 Å². The fraction of sp³-hybridized carbons (Fsp3) is 0.467. The van der Waals surface area contributed by atoms with Crippen LogP contribution in [0, 0.1) is 11.8 Å². The molecule has 1 aromatic rings. The first-order valence-electron chi connectivity index (χ1n) is 6.88. The maximum absolute atomic E-state index is 11.9. The summed E-state index contributed by atoms with van der Waals surface area (Å²) in [5, 5.41) is 2.92. The number of likely N-dealkylation sites (tertiary alicyclic amines) is 1. The lowest BCUT2D eigenvalue weighted by Crippen LogP contribution is -2.37. The molecule has 2 aliphatic rings. The molecule has 5 heteroatoms. The molecule has 1 heterocycles. The Morgan fingerprint density at radius 3 is 2.50 bits per heavy atom. The highest BCUT2D eigenvalue weighted by Gasteiger charge is 2.57. The molecule has 1 saturated carbocycles. The van der Waals surface area contributed by atoms with Crippen molar-refractivity contribution in [3.63, 3.8) is 0 Å². The van der Waals surface area contributed by atoms with E-state index in [9.17, 15) is 9.59 Å². The molecule has 3 rings (SSSR count). The minimum absolute atomic E-state index is 0.00241. The van der Waals surface area contributed by atoms with Crippen LogP contribution in [0.15, 0.2) is 30.3 Å². The second kappa shape index (κ2) is 5.15. The molecule has 0 spiro atoms. The molecule has 1 N–H and O–H groups in total. The molecule has 20 heavy (non-hydrogen) atoms. The van der Waals surface area contributed by atoms with Crippen molar-refractivity contribution in [1.29, 1.82) is 0 Å². The van der Waals surface area contributed by atoms with E-state index in [1.165, 1.54) is 6.92 Å². The predicted octanol–water partition coefficient (Wildman–Crippen LogP) is 1.39. The Hall–Kier alpha value is -2.04. The molecule has 2 fully saturated rings. The first kappa shape index (κ1) is 13.0. The lowest BCUT2D eigenvalue weighted by atomic mass is 10.2. The molecule has 1 aliphatic carbocycles. The lowest BCUT2D eigenvalue weighted by molar-refractivity contribution is -0.119. The highest BCUT2D eigenvalue weighted by Crippen LogP contribution is 2.45. The van der Waals surface area contributed by atoms with Crippen LogP contribution in [0.3, 0.4) is 0 Å². The van der Waals surface area contributed by atoms with Crippen LogP contribution in [0.5, 0.6) is 0 Å². The number of hydrogen-bond acceptors (Lipinski definition) is 3. The Labute approximate surface area is 117 Å². The first-order valence-corrected chi connectivity index (χ1v) is 6.88. The topological polar surface area (TPSA) is 58.6 Å². The zero-order valence-corrected chi connectivity index (χ0v) is 11.4. The van der Waals surface area contributed by atoms with E-state index < -0.39 is 0 Å². The standard InChI is InChI=1S/C15H18N2O3/c1-10(18)16-14-12-7-17(8-13(12)14)15(19)20-9-11-5-3-2-4-6-11/h2-6,12-14H,7-9H2,1H3,(H,16,18)/t12-,13+,14?. The fourth-order valence-corrected chi connectivity index (χ4v) is 2.93. The van der Waals surface area contributed by atoms with Crippen LogP contribution >= 0.6 is 0 Å². The number of fused-ring (bicyclic) bond motifs is 1. The molecule has 1 unspecified atom stereocenters. The summed E-state index contributed by atoms with van der Waals surface area (Å²) in [7, 11) is 0. The average molecular weight is 274 g/mol. The van der Waals surface area contributed by atoms with E-state index in [4.69, 9.17) is 4.74 Å². The van der Waals surface area contributed by atoms with Crippen LogP contribution in [0.1, 0.15) is 12.5 Å². The molecule has 106 valence electrons. The SMILES string of the molecule is CC(=O)NC1[C@H]2CN(C(=O)OCc3ccccc3)C[C@@H]12. The van der Waals surface area contributed by atoms with Crippen LogP contribution in [-0.2, 0) is 16.1 Å². The van der Waals surface area contributed by atoms with E-state index in [0.29, 0.717) is 31.5 Å². The molecule has 3 atom stereocenters. The monoisotopic (exact) mass is 274 g/mol. The third-order valence-corrected chi connectivity index (χ3v) is 4.03. The van der Waals surface area contributed by atoms with Crippen molar-refractivity contribution >= 4 is 12.0 Å². The second-order valence-electron chi connectivity index (χ2n) is 5.50. The summed E-state index contributed by atoms with van der Waals surface area (Å²) in [6, 6.07) is 9.90. The number of carbonyl (C=O) groups is 2. The summed E-state index contributed by atoms with van der Waals surface area (Å²) in [6.07, 6.45) is -0.261. The Balaban J connectivity index is 1.44. The molecule has 2 amide bonds. The number of rotatable bonds is 3. The Bertz CT molecular complexity index is 505. The smallest absolute Gasteiger partial charge is 0.410 e. The zero-order chi connectivity index (χ0) is 14.1. The molecule has 0 bridgehead atoms. The largest absolute Gasteiger partial charge is 0.445 e. The lowest BCUT2D eigenvalue weighted by Gasteiger charge is -2.19. The summed E-state index contributed by atoms with van der Waals surface area (Å²) in [4.78, 5) is 24.6. The third kappa shape index (κ3) is 2.61. The number of nitrogens with one attached hydrogen (secondary N) is 1. The van der Waals surface area contributed by atoms with Gasteiger partial charge in [-0.3, -0.25) is 4.79 Å². The van der Waals surface area contributed by atoms with Crippen molar-refractivity contribution in [1.82, 2.24) is 10.2 Å². The maximum atomic E-state index is 11.9. The van der Waals surface area contributed by atoms with Gasteiger partial charge in [0.05, 0.1) is 0 Å². The number of nitrogens with zero attached hydrogens (tertiary/aromatic N) is 1. The van der Waals surface area contributed by atoms with E-state index in [-0.39, 0.29) is 18.0 Å². The molecular weight excluding hydrogens is 256 g/mol. The molecule has 0 aromatic heterocycles. The number of ether oxygens (including phenoxy) is 1. The number of carbonyl (C=O) groups excluding carboxylic acids is 2. The van der Waals surface area contributed by atoms with Crippen molar-refractivity contribution in [2.75, 3.05) is 13.1 Å². The Kier molecular flexibility index (Phi) is 3.34. The summed E-state index contributed by atoms with van der Waals surface area (Å²) in [5.74, 6) is 0.814. The number of piperidine rings is 1. The van der Waals surface area contributed by atoms with Gasteiger partial charge in [-0.1, -0.05) is 30.3 Å². The van der Waals surface area contributed by atoms with Crippen LogP contribution < -0.4 is 5.32 Å². The Morgan fingerprint density at radius 1 is 1.25 bits per heavy atom. The predicted molar refractivity (Wildman–Crippen MR) is 72.8 cm³/mol. The summed E-state index contributed by atoms with van der Waals surface area (Å²) in [5.41, 5.74) is 0.987. The highest BCUT2D eigenvalue weighted by atomic mass is 16.6. The van der Waals surface area contributed by atoms with E-state index in [1.807, 2.05) is 30.3 Å². The van der Waals surface area contributed by atoms with Crippen LogP contribution in [0.25, 0.3) is 0 Å². The van der Waals surface area contributed by atoms with Gasteiger partial charge in [0.1, 0.15) is 6.61 Å². The van der Waals surface area contributed by atoms with Crippen molar-refractivity contribution in [3.8, 4) is 0 Å². The third-order valence-electron chi connectivity index (χ3n) is 4.03. The minimum Gasteiger partial charge on any atom is -0.445 e. The number of amides is 2. The van der Waals surface area contributed by atoms with E-state index >= 15 is 0 Å². The van der Waals surface area contributed by atoms with Gasteiger partial charge in [-0.2, -0.15) is 0 Å². The van der Waals surface area contributed by atoms with Gasteiger partial charge < -0.3 is 15.0 Å². The summed E-state index contributed by atoms with van der Waals surface area (Å²) < 4.78 is 5.30. The van der Waals surface area contributed by atoms with Gasteiger partial charge in [-0.25, -0.2) is 4.79 Å². The van der Waals surface area contributed by atoms with E-state index in [2.05, 4.69) is 5.32 Å². The molecule has 1 aliphatic heterocycles. The van der Waals surface area contributed by atoms with Crippen molar-refractivity contribution < 1.29 is 14.3 Å². The molecule has 5 nitrogen and oxygen atoms in total. The molecule has 1 saturated heterocycles. The van der Waals surface area contributed by atoms with Crippen LogP contribution in [0.2, 0.25) is 0 Å². The molecule has 1 aromatic carbocycles. The van der Waals surface area contributed by atoms with Gasteiger partial charge >= 0.3 is 6.09 Å². The average Bonchev–Trinajstić information content (AvgIpc) is 2.89. The summed E-state index contributed by atoms with van der Waals surface area (Å²) >= 11 is 0. The van der Waals surface area contributed by atoms with Gasteiger partial charge in [0.2, 0.25) is 5.91 Å². The van der Waals surface area contributed by atoms with Crippen molar-refractivity contribution in [2.24, 2.45) is 11.8 Å². The van der Waals surface area contributed by atoms with Gasteiger partial charge in [-0.15, -0.1) is 0 Å². The fourth-order valence-electron chi connectivity index (χ4n) is 2.93. The zero-order valence-electron chi connectivity index (χ0n) is 11.4. The van der Waals surface area contributed by atoms with Crippen molar-refractivity contribution in [2.45, 2.75) is 19.6 Å². The maximum Gasteiger partial charge on any atom is 0.410 e. The highest BCUT2D eigenvalue weighted by molar-refractivity contribution is 5.74. The quantitative estimate of drug-likeness (QED) is 0.906. The van der Waals surface area contributed by atoms with E-state index in [1.54, 1.807) is 4.90 Å². The van der Waals surface area contributed by atoms with Gasteiger partial charge in [0.25, 0.3) is 0 Å². The molecule has 0 radical (unpaired) electrons. The van der Waals surface area contributed by atoms with Gasteiger partial charge in [0, 0.05) is 37.9 Å². The van der Waals surface area contributed by atoms with Gasteiger partial charge in [-0.05, 0) is 5.56 Å². The number of benzene rings is 1. The molecular formula is C15H18N2O3. The minimum atomic E-state index is -0.261. The number of hydrogen-bond donors (Lipinski definition) is 1.